The summed E-state index contributed by atoms with van der Waals surface area (Å²) in [4.78, 5) is 19.6. The van der Waals surface area contributed by atoms with E-state index in [0.717, 1.165) is 62.5 Å². The van der Waals surface area contributed by atoms with Gasteiger partial charge in [-0.05, 0) is 66.9 Å². The minimum atomic E-state index is -3.64. The molecule has 37 heavy (non-hydrogen) atoms. The van der Waals surface area contributed by atoms with Crippen molar-refractivity contribution in [3.63, 3.8) is 0 Å². The zero-order valence-corrected chi connectivity index (χ0v) is 21.4. The fourth-order valence-electron chi connectivity index (χ4n) is 4.46. The van der Waals surface area contributed by atoms with Crippen molar-refractivity contribution >= 4 is 21.4 Å². The lowest BCUT2D eigenvalue weighted by Crippen LogP contribution is -2.36. The van der Waals surface area contributed by atoms with Crippen molar-refractivity contribution in [3.8, 4) is 0 Å². The topological polar surface area (TPSA) is 93.0 Å². The Balaban J connectivity index is 1.19. The van der Waals surface area contributed by atoms with Crippen LogP contribution in [0.1, 0.15) is 27.9 Å². The Kier molecular flexibility index (Phi) is 7.64. The van der Waals surface area contributed by atoms with E-state index < -0.39 is 9.84 Å². The number of pyridine rings is 1. The SMILES string of the molecule is O=C(NCc1ccc(S(=O)(=O)c2cccc(CCCN3CCOCC3)c2)cc1)c1ccc2nccn2c1. The molecule has 0 atom stereocenters. The average Bonchev–Trinajstić information content (AvgIpc) is 3.41. The third-order valence-electron chi connectivity index (χ3n) is 6.59. The van der Waals surface area contributed by atoms with Crippen molar-refractivity contribution in [2.45, 2.75) is 29.2 Å². The van der Waals surface area contributed by atoms with E-state index in [1.54, 1.807) is 71.5 Å². The highest BCUT2D eigenvalue weighted by Gasteiger charge is 2.18. The molecule has 0 bridgehead atoms. The normalized spacial score (nSPS) is 14.6. The number of amides is 1. The first-order valence-corrected chi connectivity index (χ1v) is 13.9. The molecule has 0 radical (unpaired) electrons. The molecule has 0 unspecified atom stereocenters. The third kappa shape index (κ3) is 6.07. The van der Waals surface area contributed by atoms with Gasteiger partial charge < -0.3 is 14.5 Å². The van der Waals surface area contributed by atoms with Gasteiger partial charge in [0, 0.05) is 38.2 Å². The minimum Gasteiger partial charge on any atom is -0.379 e. The zero-order valence-electron chi connectivity index (χ0n) is 20.5. The van der Waals surface area contributed by atoms with Crippen LogP contribution in [0.4, 0.5) is 0 Å². The summed E-state index contributed by atoms with van der Waals surface area (Å²) >= 11 is 0. The molecule has 2 aromatic carbocycles. The van der Waals surface area contributed by atoms with E-state index in [-0.39, 0.29) is 10.8 Å². The quantitative estimate of drug-likeness (QED) is 0.365. The van der Waals surface area contributed by atoms with Crippen LogP contribution < -0.4 is 5.32 Å². The molecule has 3 heterocycles. The number of hydrogen-bond donors (Lipinski definition) is 1. The Hall–Kier alpha value is -3.53. The molecule has 1 amide bonds. The minimum absolute atomic E-state index is 0.210. The lowest BCUT2D eigenvalue weighted by molar-refractivity contribution is 0.0374. The number of nitrogens with zero attached hydrogens (tertiary/aromatic N) is 3. The number of morpholine rings is 1. The smallest absolute Gasteiger partial charge is 0.253 e. The van der Waals surface area contributed by atoms with Gasteiger partial charge in [-0.1, -0.05) is 24.3 Å². The maximum atomic E-state index is 13.3. The maximum absolute atomic E-state index is 13.3. The second-order valence-electron chi connectivity index (χ2n) is 9.15. The van der Waals surface area contributed by atoms with Crippen molar-refractivity contribution in [2.75, 3.05) is 32.8 Å². The van der Waals surface area contributed by atoms with Crippen molar-refractivity contribution < 1.29 is 17.9 Å². The molecule has 1 aliphatic rings. The summed E-state index contributed by atoms with van der Waals surface area (Å²) in [6.07, 6.45) is 6.99. The fraction of sp³-hybridized carbons (Fsp3) is 0.286. The van der Waals surface area contributed by atoms with E-state index in [9.17, 15) is 13.2 Å². The average molecular weight is 519 g/mol. The second kappa shape index (κ2) is 11.2. The van der Waals surface area contributed by atoms with Crippen molar-refractivity contribution in [2.24, 2.45) is 0 Å². The van der Waals surface area contributed by atoms with Gasteiger partial charge in [-0.15, -0.1) is 0 Å². The van der Waals surface area contributed by atoms with Crippen LogP contribution in [0.3, 0.4) is 0 Å². The number of carbonyl (C=O) groups is 1. The number of fused-ring (bicyclic) bond motifs is 1. The van der Waals surface area contributed by atoms with E-state index >= 15 is 0 Å². The largest absolute Gasteiger partial charge is 0.379 e. The monoisotopic (exact) mass is 518 g/mol. The van der Waals surface area contributed by atoms with Crippen molar-refractivity contribution in [1.29, 1.82) is 0 Å². The van der Waals surface area contributed by atoms with Crippen LogP contribution in [0.25, 0.3) is 5.65 Å². The van der Waals surface area contributed by atoms with Gasteiger partial charge in [-0.25, -0.2) is 13.4 Å². The predicted molar refractivity (Wildman–Crippen MR) is 140 cm³/mol. The van der Waals surface area contributed by atoms with E-state index in [4.69, 9.17) is 4.74 Å². The van der Waals surface area contributed by atoms with E-state index in [1.807, 2.05) is 12.1 Å². The van der Waals surface area contributed by atoms with Crippen LogP contribution in [0.2, 0.25) is 0 Å². The van der Waals surface area contributed by atoms with E-state index in [1.165, 1.54) is 0 Å². The number of imidazole rings is 1. The van der Waals surface area contributed by atoms with Gasteiger partial charge in [0.1, 0.15) is 5.65 Å². The molecule has 1 N–H and O–H groups in total. The van der Waals surface area contributed by atoms with Gasteiger partial charge in [0.2, 0.25) is 9.84 Å². The van der Waals surface area contributed by atoms with Gasteiger partial charge in [0.25, 0.3) is 5.91 Å². The maximum Gasteiger partial charge on any atom is 0.253 e. The summed E-state index contributed by atoms with van der Waals surface area (Å²) in [5.74, 6) is -0.210. The highest BCUT2D eigenvalue weighted by atomic mass is 32.2. The fourth-order valence-corrected chi connectivity index (χ4v) is 5.79. The summed E-state index contributed by atoms with van der Waals surface area (Å²) < 4.78 is 33.7. The first-order valence-electron chi connectivity index (χ1n) is 12.4. The van der Waals surface area contributed by atoms with Gasteiger partial charge in [-0.2, -0.15) is 0 Å². The highest BCUT2D eigenvalue weighted by Crippen LogP contribution is 2.23. The van der Waals surface area contributed by atoms with Gasteiger partial charge in [0.05, 0.1) is 28.6 Å². The van der Waals surface area contributed by atoms with Crippen molar-refractivity contribution in [3.05, 3.63) is 95.9 Å². The van der Waals surface area contributed by atoms with Crippen LogP contribution >= 0.6 is 0 Å². The molecular weight excluding hydrogens is 488 g/mol. The summed E-state index contributed by atoms with van der Waals surface area (Å²) in [5.41, 5.74) is 3.12. The molecule has 4 aromatic rings. The Morgan fingerprint density at radius 1 is 0.973 bits per heavy atom. The summed E-state index contributed by atoms with van der Waals surface area (Å²) in [6, 6.07) is 17.4. The standard InChI is InChI=1S/C28H30N4O4S/c33-28(24-8-11-27-29-12-14-32(27)21-24)30-20-23-6-9-25(10-7-23)37(34,35)26-5-1-3-22(19-26)4-2-13-31-15-17-36-18-16-31/h1,3,5-12,14,19,21H,2,4,13,15-18,20H2,(H,30,33). The molecule has 1 aliphatic heterocycles. The lowest BCUT2D eigenvalue weighted by Gasteiger charge is -2.26. The molecule has 192 valence electrons. The zero-order chi connectivity index (χ0) is 25.7. The summed E-state index contributed by atoms with van der Waals surface area (Å²) in [5, 5.41) is 2.88. The number of aromatic nitrogens is 2. The first kappa shape index (κ1) is 25.1. The number of benzene rings is 2. The molecular formula is C28H30N4O4S. The van der Waals surface area contributed by atoms with Crippen molar-refractivity contribution in [1.82, 2.24) is 19.6 Å². The van der Waals surface area contributed by atoms with Gasteiger partial charge >= 0.3 is 0 Å². The molecule has 1 saturated heterocycles. The number of carbonyl (C=O) groups excluding carboxylic acids is 1. The number of sulfone groups is 1. The molecule has 0 spiro atoms. The first-order chi connectivity index (χ1) is 18.0. The van der Waals surface area contributed by atoms with Crippen LogP contribution in [0.15, 0.2) is 89.0 Å². The predicted octanol–water partition coefficient (Wildman–Crippen LogP) is 3.36. The van der Waals surface area contributed by atoms with E-state index in [2.05, 4.69) is 15.2 Å². The summed E-state index contributed by atoms with van der Waals surface area (Å²) in [7, 11) is -3.64. The van der Waals surface area contributed by atoms with Crippen LogP contribution in [0, 0.1) is 0 Å². The molecule has 2 aromatic heterocycles. The Morgan fingerprint density at radius 2 is 1.78 bits per heavy atom. The molecule has 1 fully saturated rings. The number of nitrogens with one attached hydrogen (secondary N) is 1. The highest BCUT2D eigenvalue weighted by molar-refractivity contribution is 7.91. The Morgan fingerprint density at radius 3 is 2.59 bits per heavy atom. The number of ether oxygens (including phenoxy) is 1. The molecule has 0 aliphatic carbocycles. The van der Waals surface area contributed by atoms with Crippen LogP contribution in [0.5, 0.6) is 0 Å². The number of aryl methyl sites for hydroxylation is 1. The van der Waals surface area contributed by atoms with E-state index in [0.29, 0.717) is 17.0 Å². The molecule has 9 heteroatoms. The molecule has 8 nitrogen and oxygen atoms in total. The molecule has 5 rings (SSSR count). The van der Waals surface area contributed by atoms with Crippen LogP contribution in [-0.4, -0.2) is 61.5 Å². The summed E-state index contributed by atoms with van der Waals surface area (Å²) in [6.45, 7) is 4.74. The Bertz CT molecular complexity index is 1480. The Labute approximate surface area is 216 Å². The van der Waals surface area contributed by atoms with Gasteiger partial charge in [0.15, 0.2) is 0 Å². The van der Waals surface area contributed by atoms with Gasteiger partial charge in [-0.3, -0.25) is 9.69 Å². The second-order valence-corrected chi connectivity index (χ2v) is 11.1. The number of hydrogen-bond acceptors (Lipinski definition) is 6. The van der Waals surface area contributed by atoms with Crippen LogP contribution in [-0.2, 0) is 27.5 Å². The third-order valence-corrected chi connectivity index (χ3v) is 8.36. The molecule has 0 saturated carbocycles. The lowest BCUT2D eigenvalue weighted by atomic mass is 10.1. The number of rotatable bonds is 9.